The van der Waals surface area contributed by atoms with Crippen molar-refractivity contribution < 1.29 is 13.2 Å². The Hall–Kier alpha value is -1.12. The number of rotatable bonds is 6. The third-order valence-corrected chi connectivity index (χ3v) is 4.61. The third kappa shape index (κ3) is 2.82. The predicted octanol–water partition coefficient (Wildman–Crippen LogP) is -0.151. The van der Waals surface area contributed by atoms with Crippen LogP contribution in [-0.4, -0.2) is 36.8 Å². The van der Waals surface area contributed by atoms with Crippen LogP contribution in [0.15, 0.2) is 6.20 Å². The lowest BCUT2D eigenvalue weighted by molar-refractivity contribution is 0.389. The van der Waals surface area contributed by atoms with E-state index in [-0.39, 0.29) is 0 Å². The highest BCUT2D eigenvalue weighted by molar-refractivity contribution is 7.91. The Balaban J connectivity index is 3.28. The lowest BCUT2D eigenvalue weighted by Gasteiger charge is -2.23. The molecule has 1 heterocycles. The fourth-order valence-electron chi connectivity index (χ4n) is 1.78. The Morgan fingerprint density at radius 3 is 2.61 bits per heavy atom. The van der Waals surface area contributed by atoms with Gasteiger partial charge in [0.25, 0.3) is 0 Å². The molecule has 18 heavy (non-hydrogen) atoms. The minimum atomic E-state index is -3.23. The Morgan fingerprint density at radius 1 is 1.61 bits per heavy atom. The van der Waals surface area contributed by atoms with Gasteiger partial charge in [0.2, 0.25) is 0 Å². The van der Waals surface area contributed by atoms with E-state index in [1.54, 1.807) is 17.8 Å². The van der Waals surface area contributed by atoms with Crippen LogP contribution in [0.5, 0.6) is 5.75 Å². The Labute approximate surface area is 107 Å². The zero-order valence-electron chi connectivity index (χ0n) is 11.0. The topological polar surface area (TPSA) is 99.2 Å². The molecule has 7 nitrogen and oxygen atoms in total. The molecule has 1 aromatic rings. The molecule has 0 spiro atoms. The molecule has 0 aliphatic heterocycles. The maximum atomic E-state index is 11.7. The van der Waals surface area contributed by atoms with Gasteiger partial charge in [0, 0.05) is 12.8 Å². The minimum absolute atomic E-state index is 0.523. The number of hydrazine groups is 1. The maximum Gasteiger partial charge on any atom is 0.161 e. The number of nitrogens with zero attached hydrogens (tertiary/aromatic N) is 2. The number of hydrogen-bond donors (Lipinski definition) is 2. The van der Waals surface area contributed by atoms with E-state index in [2.05, 4.69) is 10.5 Å². The van der Waals surface area contributed by atoms with Crippen LogP contribution in [0.1, 0.15) is 25.6 Å². The van der Waals surface area contributed by atoms with Crippen LogP contribution in [0.4, 0.5) is 0 Å². The molecule has 0 aromatic carbocycles. The number of hydrogen-bond acceptors (Lipinski definition) is 6. The largest absolute Gasteiger partial charge is 0.493 e. The van der Waals surface area contributed by atoms with Crippen molar-refractivity contribution in [1.82, 2.24) is 15.2 Å². The zero-order valence-corrected chi connectivity index (χ0v) is 11.9. The van der Waals surface area contributed by atoms with Crippen molar-refractivity contribution in [1.29, 1.82) is 0 Å². The van der Waals surface area contributed by atoms with Gasteiger partial charge < -0.3 is 4.74 Å². The van der Waals surface area contributed by atoms with Crippen LogP contribution in [0.25, 0.3) is 0 Å². The Bertz CT molecular complexity index is 476. The van der Waals surface area contributed by atoms with E-state index >= 15 is 0 Å². The summed E-state index contributed by atoms with van der Waals surface area (Å²) in [5, 5.41) is 3.46. The molecule has 0 fully saturated rings. The molecule has 0 radical (unpaired) electrons. The molecule has 1 rings (SSSR count). The van der Waals surface area contributed by atoms with Crippen molar-refractivity contribution in [2.75, 3.05) is 13.4 Å². The van der Waals surface area contributed by atoms with Crippen LogP contribution in [-0.2, 0) is 16.4 Å². The molecule has 0 aliphatic rings. The average molecular weight is 276 g/mol. The number of nitrogens with one attached hydrogen (secondary N) is 1. The summed E-state index contributed by atoms with van der Waals surface area (Å²) >= 11 is 0. The van der Waals surface area contributed by atoms with Crippen molar-refractivity contribution in [3.8, 4) is 5.75 Å². The van der Waals surface area contributed by atoms with Gasteiger partial charge in [0.1, 0.15) is 0 Å². The number of aromatic nitrogens is 2. The van der Waals surface area contributed by atoms with Crippen LogP contribution in [0.2, 0.25) is 0 Å². The number of methoxy groups -OCH3 is 1. The summed E-state index contributed by atoms with van der Waals surface area (Å²) in [6.07, 6.45) is 2.74. The monoisotopic (exact) mass is 276 g/mol. The van der Waals surface area contributed by atoms with Crippen molar-refractivity contribution >= 4 is 9.84 Å². The van der Waals surface area contributed by atoms with Crippen molar-refractivity contribution in [3.63, 3.8) is 0 Å². The third-order valence-electron chi connectivity index (χ3n) is 2.98. The van der Waals surface area contributed by atoms with Gasteiger partial charge in [0.05, 0.1) is 30.3 Å². The number of ether oxygens (including phenoxy) is 1. The number of nitrogens with two attached hydrogens (primary N) is 1. The average Bonchev–Trinajstić information content (AvgIpc) is 2.71. The minimum Gasteiger partial charge on any atom is -0.493 e. The summed E-state index contributed by atoms with van der Waals surface area (Å²) in [6.45, 7) is 4.12. The van der Waals surface area contributed by atoms with Gasteiger partial charge in [-0.25, -0.2) is 13.8 Å². The van der Waals surface area contributed by atoms with Gasteiger partial charge in [-0.2, -0.15) is 5.10 Å². The molecule has 2 atom stereocenters. The van der Waals surface area contributed by atoms with Gasteiger partial charge in [-0.1, -0.05) is 0 Å². The summed E-state index contributed by atoms with van der Waals surface area (Å²) in [4.78, 5) is 0. The normalized spacial score (nSPS) is 15.4. The first-order valence-corrected chi connectivity index (χ1v) is 7.56. The second kappa shape index (κ2) is 5.68. The quantitative estimate of drug-likeness (QED) is 0.554. The van der Waals surface area contributed by atoms with Crippen molar-refractivity contribution in [3.05, 3.63) is 11.9 Å². The molecule has 3 N–H and O–H groups in total. The highest BCUT2D eigenvalue weighted by Gasteiger charge is 2.31. The molecule has 1 aromatic heterocycles. The van der Waals surface area contributed by atoms with Gasteiger partial charge in [-0.05, 0) is 13.8 Å². The molecular formula is C10H20N4O3S. The molecule has 0 bridgehead atoms. The van der Waals surface area contributed by atoms with Gasteiger partial charge in [-0.15, -0.1) is 0 Å². The van der Waals surface area contributed by atoms with E-state index < -0.39 is 21.1 Å². The highest BCUT2D eigenvalue weighted by Crippen LogP contribution is 2.29. The predicted molar refractivity (Wildman–Crippen MR) is 68.8 cm³/mol. The van der Waals surface area contributed by atoms with E-state index in [0.29, 0.717) is 18.0 Å². The molecule has 0 aliphatic carbocycles. The summed E-state index contributed by atoms with van der Waals surface area (Å²) in [6, 6.07) is -0.572. The molecule has 0 saturated heterocycles. The maximum absolute atomic E-state index is 11.7. The Morgan fingerprint density at radius 2 is 2.22 bits per heavy atom. The van der Waals surface area contributed by atoms with Gasteiger partial charge in [0.15, 0.2) is 15.6 Å². The van der Waals surface area contributed by atoms with E-state index in [0.717, 1.165) is 0 Å². The second-order valence-corrected chi connectivity index (χ2v) is 6.50. The first-order valence-electron chi connectivity index (χ1n) is 5.61. The molecule has 104 valence electrons. The number of aryl methyl sites for hydroxylation is 1. The fourth-order valence-corrected chi connectivity index (χ4v) is 2.49. The molecule has 0 saturated carbocycles. The fraction of sp³-hybridized carbons (Fsp3) is 0.700. The highest BCUT2D eigenvalue weighted by atomic mass is 32.2. The van der Waals surface area contributed by atoms with E-state index in [1.165, 1.54) is 13.4 Å². The van der Waals surface area contributed by atoms with Crippen molar-refractivity contribution in [2.24, 2.45) is 5.84 Å². The SMILES string of the molecule is CCn1ncc(OC)c1C(NN)C(C)S(C)(=O)=O. The van der Waals surface area contributed by atoms with Crippen LogP contribution in [0.3, 0.4) is 0 Å². The zero-order chi connectivity index (χ0) is 13.9. The molecular weight excluding hydrogens is 256 g/mol. The van der Waals surface area contributed by atoms with E-state index in [1.807, 2.05) is 6.92 Å². The smallest absolute Gasteiger partial charge is 0.161 e. The van der Waals surface area contributed by atoms with E-state index in [4.69, 9.17) is 10.6 Å². The van der Waals surface area contributed by atoms with Gasteiger partial charge in [-0.3, -0.25) is 10.5 Å². The lowest BCUT2D eigenvalue weighted by atomic mass is 10.1. The summed E-state index contributed by atoms with van der Waals surface area (Å²) in [5.74, 6) is 6.02. The number of sulfone groups is 1. The standard InChI is InChI=1S/C10H20N4O3S/c1-5-14-10(8(17-3)6-12-14)9(13-11)7(2)18(4,15)16/h6-7,9,13H,5,11H2,1-4H3. The van der Waals surface area contributed by atoms with Crippen LogP contribution < -0.4 is 16.0 Å². The molecule has 8 heteroatoms. The summed E-state index contributed by atoms with van der Waals surface area (Å²) in [7, 11) is -1.72. The van der Waals surface area contributed by atoms with Gasteiger partial charge >= 0.3 is 0 Å². The second-order valence-electron chi connectivity index (χ2n) is 4.09. The Kier molecular flexibility index (Phi) is 4.71. The first kappa shape index (κ1) is 14.9. The lowest BCUT2D eigenvalue weighted by Crippen LogP contribution is -2.40. The molecule has 2 unspecified atom stereocenters. The summed E-state index contributed by atoms with van der Waals surface area (Å²) < 4.78 is 30.2. The molecule has 0 amide bonds. The first-order chi connectivity index (χ1) is 8.36. The summed E-state index contributed by atoms with van der Waals surface area (Å²) in [5.41, 5.74) is 3.18. The van der Waals surface area contributed by atoms with E-state index in [9.17, 15) is 8.42 Å². The van der Waals surface area contributed by atoms with Crippen LogP contribution in [0, 0.1) is 0 Å². The van der Waals surface area contributed by atoms with Crippen molar-refractivity contribution in [2.45, 2.75) is 31.7 Å². The van der Waals surface area contributed by atoms with Crippen LogP contribution >= 0.6 is 0 Å².